The number of aliphatic hydroxyl groups is 1. The molecule has 1 heterocycles. The van der Waals surface area contributed by atoms with Crippen LogP contribution in [0.3, 0.4) is 0 Å². The van der Waals surface area contributed by atoms with E-state index in [0.717, 1.165) is 17.7 Å². The van der Waals surface area contributed by atoms with E-state index in [0.29, 0.717) is 5.92 Å². The number of thiophene rings is 1. The van der Waals surface area contributed by atoms with E-state index >= 15 is 0 Å². The van der Waals surface area contributed by atoms with Gasteiger partial charge in [0.1, 0.15) is 0 Å². The summed E-state index contributed by atoms with van der Waals surface area (Å²) in [7, 11) is 0. The first-order chi connectivity index (χ1) is 6.09. The van der Waals surface area contributed by atoms with Gasteiger partial charge in [-0.1, -0.05) is 26.3 Å². The summed E-state index contributed by atoms with van der Waals surface area (Å²) in [6.45, 7) is 6.18. The lowest BCUT2D eigenvalue weighted by molar-refractivity contribution is 0.00128. The fourth-order valence-corrected chi connectivity index (χ4v) is 2.42. The second kappa shape index (κ2) is 4.25. The maximum Gasteiger partial charge on any atom is 0.0985 e. The van der Waals surface area contributed by atoms with Gasteiger partial charge in [0.2, 0.25) is 0 Å². The van der Waals surface area contributed by atoms with Gasteiger partial charge in [0.05, 0.1) is 5.60 Å². The third kappa shape index (κ3) is 2.32. The van der Waals surface area contributed by atoms with Gasteiger partial charge in [-0.2, -0.15) is 0 Å². The molecule has 0 spiro atoms. The monoisotopic (exact) mass is 198 g/mol. The first-order valence-corrected chi connectivity index (χ1v) is 5.73. The van der Waals surface area contributed by atoms with Gasteiger partial charge in [0.25, 0.3) is 0 Å². The van der Waals surface area contributed by atoms with Crippen molar-refractivity contribution in [2.45, 2.75) is 39.2 Å². The fourth-order valence-electron chi connectivity index (χ4n) is 1.52. The minimum Gasteiger partial charge on any atom is -0.384 e. The highest BCUT2D eigenvalue weighted by molar-refractivity contribution is 7.10. The van der Waals surface area contributed by atoms with Crippen molar-refractivity contribution in [1.82, 2.24) is 0 Å². The van der Waals surface area contributed by atoms with E-state index in [1.54, 1.807) is 11.3 Å². The Morgan fingerprint density at radius 1 is 1.62 bits per heavy atom. The normalized spacial score (nSPS) is 18.2. The van der Waals surface area contributed by atoms with E-state index in [4.69, 9.17) is 0 Å². The average molecular weight is 198 g/mol. The van der Waals surface area contributed by atoms with Crippen molar-refractivity contribution in [3.63, 3.8) is 0 Å². The van der Waals surface area contributed by atoms with E-state index in [1.165, 1.54) is 0 Å². The molecular formula is C11H18OS. The Bertz CT molecular complexity index is 239. The molecule has 2 unspecified atom stereocenters. The summed E-state index contributed by atoms with van der Waals surface area (Å²) in [5.41, 5.74) is -0.649. The predicted octanol–water partition coefficient (Wildman–Crippen LogP) is 3.39. The Balaban J connectivity index is 2.76. The molecule has 1 aromatic rings. The molecule has 1 nitrogen and oxygen atoms in total. The molecule has 1 aromatic heterocycles. The second-order valence-electron chi connectivity index (χ2n) is 3.81. The quantitative estimate of drug-likeness (QED) is 0.786. The zero-order valence-corrected chi connectivity index (χ0v) is 9.40. The molecule has 0 aliphatic heterocycles. The summed E-state index contributed by atoms with van der Waals surface area (Å²) in [6.07, 6.45) is 2.20. The van der Waals surface area contributed by atoms with Gasteiger partial charge < -0.3 is 5.11 Å². The van der Waals surface area contributed by atoms with Crippen LogP contribution in [-0.4, -0.2) is 5.11 Å². The van der Waals surface area contributed by atoms with Gasteiger partial charge in [-0.05, 0) is 30.7 Å². The molecule has 0 aliphatic carbocycles. The molecule has 0 fully saturated rings. The lowest BCUT2D eigenvalue weighted by Gasteiger charge is -2.29. The largest absolute Gasteiger partial charge is 0.384 e. The van der Waals surface area contributed by atoms with Crippen molar-refractivity contribution in [3.8, 4) is 0 Å². The first-order valence-electron chi connectivity index (χ1n) is 4.85. The van der Waals surface area contributed by atoms with Crippen LogP contribution in [0.15, 0.2) is 17.5 Å². The first kappa shape index (κ1) is 10.7. The van der Waals surface area contributed by atoms with E-state index in [-0.39, 0.29) is 0 Å². The third-order valence-electron chi connectivity index (χ3n) is 2.70. The highest BCUT2D eigenvalue weighted by atomic mass is 32.1. The third-order valence-corrected chi connectivity index (χ3v) is 3.80. The number of hydrogen-bond donors (Lipinski definition) is 1. The summed E-state index contributed by atoms with van der Waals surface area (Å²) in [5, 5.41) is 12.3. The molecule has 0 amide bonds. The van der Waals surface area contributed by atoms with Crippen LogP contribution in [0.5, 0.6) is 0 Å². The van der Waals surface area contributed by atoms with Crippen LogP contribution in [-0.2, 0) is 5.60 Å². The Morgan fingerprint density at radius 3 is 2.77 bits per heavy atom. The Labute approximate surface area is 84.4 Å². The van der Waals surface area contributed by atoms with Crippen molar-refractivity contribution in [3.05, 3.63) is 22.4 Å². The molecule has 0 bridgehead atoms. The summed E-state index contributed by atoms with van der Waals surface area (Å²) in [6, 6.07) is 4.00. The van der Waals surface area contributed by atoms with E-state index in [1.807, 2.05) is 24.4 Å². The van der Waals surface area contributed by atoms with Crippen LogP contribution in [0.25, 0.3) is 0 Å². The molecule has 0 aliphatic rings. The molecule has 1 rings (SSSR count). The highest BCUT2D eigenvalue weighted by Crippen LogP contribution is 2.34. The fraction of sp³-hybridized carbons (Fsp3) is 0.636. The van der Waals surface area contributed by atoms with Crippen molar-refractivity contribution >= 4 is 11.3 Å². The molecule has 2 heteroatoms. The SMILES string of the molecule is CCCC(C)C(C)(O)c1cccs1. The Kier molecular flexibility index (Phi) is 3.51. The predicted molar refractivity (Wildman–Crippen MR) is 58.0 cm³/mol. The van der Waals surface area contributed by atoms with E-state index in [2.05, 4.69) is 13.8 Å². The molecule has 2 atom stereocenters. The molecule has 0 saturated heterocycles. The Hall–Kier alpha value is -0.340. The molecule has 13 heavy (non-hydrogen) atoms. The topological polar surface area (TPSA) is 20.2 Å². The number of hydrogen-bond acceptors (Lipinski definition) is 2. The molecule has 0 saturated carbocycles. The van der Waals surface area contributed by atoms with E-state index in [9.17, 15) is 5.11 Å². The minimum atomic E-state index is -0.649. The lowest BCUT2D eigenvalue weighted by atomic mass is 9.86. The smallest absolute Gasteiger partial charge is 0.0985 e. The van der Waals surface area contributed by atoms with Crippen LogP contribution >= 0.6 is 11.3 Å². The molecular weight excluding hydrogens is 180 g/mol. The van der Waals surface area contributed by atoms with Gasteiger partial charge in [-0.3, -0.25) is 0 Å². The lowest BCUT2D eigenvalue weighted by Crippen LogP contribution is -2.28. The van der Waals surface area contributed by atoms with Gasteiger partial charge in [-0.15, -0.1) is 11.3 Å². The van der Waals surface area contributed by atoms with Crippen LogP contribution in [0.1, 0.15) is 38.5 Å². The molecule has 0 radical (unpaired) electrons. The maximum atomic E-state index is 10.3. The molecule has 0 aromatic carbocycles. The maximum absolute atomic E-state index is 10.3. The summed E-state index contributed by atoms with van der Waals surface area (Å²) < 4.78 is 0. The molecule has 1 N–H and O–H groups in total. The zero-order chi connectivity index (χ0) is 9.90. The van der Waals surface area contributed by atoms with Gasteiger partial charge in [0, 0.05) is 4.88 Å². The van der Waals surface area contributed by atoms with Crippen LogP contribution in [0, 0.1) is 5.92 Å². The van der Waals surface area contributed by atoms with Gasteiger partial charge in [-0.25, -0.2) is 0 Å². The summed E-state index contributed by atoms with van der Waals surface area (Å²) in [5.74, 6) is 0.330. The summed E-state index contributed by atoms with van der Waals surface area (Å²) in [4.78, 5) is 1.08. The van der Waals surface area contributed by atoms with Gasteiger partial charge >= 0.3 is 0 Å². The Morgan fingerprint density at radius 2 is 2.31 bits per heavy atom. The average Bonchev–Trinajstić information content (AvgIpc) is 2.56. The summed E-state index contributed by atoms with van der Waals surface area (Å²) >= 11 is 1.63. The van der Waals surface area contributed by atoms with Crippen LogP contribution in [0.4, 0.5) is 0 Å². The van der Waals surface area contributed by atoms with Crippen molar-refractivity contribution in [2.24, 2.45) is 5.92 Å². The zero-order valence-electron chi connectivity index (χ0n) is 8.58. The van der Waals surface area contributed by atoms with Crippen molar-refractivity contribution in [1.29, 1.82) is 0 Å². The van der Waals surface area contributed by atoms with Crippen LogP contribution < -0.4 is 0 Å². The van der Waals surface area contributed by atoms with Crippen molar-refractivity contribution in [2.75, 3.05) is 0 Å². The van der Waals surface area contributed by atoms with Crippen LogP contribution in [0.2, 0.25) is 0 Å². The number of rotatable bonds is 4. The van der Waals surface area contributed by atoms with Crippen molar-refractivity contribution < 1.29 is 5.11 Å². The standard InChI is InChI=1S/C11H18OS/c1-4-6-9(2)11(3,12)10-7-5-8-13-10/h5,7-9,12H,4,6H2,1-3H3. The minimum absolute atomic E-state index is 0.330. The second-order valence-corrected chi connectivity index (χ2v) is 4.76. The van der Waals surface area contributed by atoms with E-state index < -0.39 is 5.60 Å². The highest BCUT2D eigenvalue weighted by Gasteiger charge is 2.30. The van der Waals surface area contributed by atoms with Gasteiger partial charge in [0.15, 0.2) is 0 Å². The molecule has 74 valence electrons.